The molecule has 0 aromatic heterocycles. The number of hydrogen-bond acceptors (Lipinski definition) is 1. The van der Waals surface area contributed by atoms with E-state index in [2.05, 4.69) is 12.2 Å². The quantitative estimate of drug-likeness (QED) is 0.455. The zero-order valence-electron chi connectivity index (χ0n) is 6.16. The summed E-state index contributed by atoms with van der Waals surface area (Å²) in [7, 11) is 0. The second-order valence-corrected chi connectivity index (χ2v) is 3.20. The van der Waals surface area contributed by atoms with Gasteiger partial charge in [0.1, 0.15) is 0 Å². The van der Waals surface area contributed by atoms with Crippen LogP contribution in [-0.4, -0.2) is 11.1 Å². The fourth-order valence-electron chi connectivity index (χ4n) is 1.93. The third-order valence-electron chi connectivity index (χ3n) is 2.55. The van der Waals surface area contributed by atoms with E-state index >= 15 is 0 Å². The molecular formula is C9H10O2. The molecule has 0 aromatic rings. The molecule has 2 nitrogen and oxygen atoms in total. The SMILES string of the molecule is O=C(O)C=C1CC2C=CCC12. The largest absolute Gasteiger partial charge is 0.478 e. The predicted molar refractivity (Wildman–Crippen MR) is 41.1 cm³/mol. The summed E-state index contributed by atoms with van der Waals surface area (Å²) in [4.78, 5) is 10.3. The van der Waals surface area contributed by atoms with Gasteiger partial charge in [-0.3, -0.25) is 0 Å². The first kappa shape index (κ1) is 6.65. The van der Waals surface area contributed by atoms with Gasteiger partial charge in [0.2, 0.25) is 0 Å². The average Bonchev–Trinajstić information content (AvgIpc) is 2.26. The van der Waals surface area contributed by atoms with Crippen LogP contribution in [0.1, 0.15) is 12.8 Å². The molecule has 0 spiro atoms. The van der Waals surface area contributed by atoms with Crippen molar-refractivity contribution in [3.05, 3.63) is 23.8 Å². The summed E-state index contributed by atoms with van der Waals surface area (Å²) in [5, 5.41) is 8.47. The van der Waals surface area contributed by atoms with Crippen LogP contribution in [0.5, 0.6) is 0 Å². The number of carboxylic acids is 1. The van der Waals surface area contributed by atoms with E-state index in [-0.39, 0.29) is 0 Å². The van der Waals surface area contributed by atoms with Crippen LogP contribution < -0.4 is 0 Å². The van der Waals surface area contributed by atoms with Gasteiger partial charge in [-0.1, -0.05) is 17.7 Å². The van der Waals surface area contributed by atoms with Crippen molar-refractivity contribution in [1.82, 2.24) is 0 Å². The molecule has 0 saturated heterocycles. The minimum absolute atomic E-state index is 0.533. The van der Waals surface area contributed by atoms with Gasteiger partial charge < -0.3 is 5.11 Å². The Morgan fingerprint density at radius 2 is 2.55 bits per heavy atom. The maximum atomic E-state index is 10.3. The third kappa shape index (κ3) is 0.985. The van der Waals surface area contributed by atoms with Crippen molar-refractivity contribution in [2.75, 3.05) is 0 Å². The highest BCUT2D eigenvalue weighted by atomic mass is 16.4. The molecule has 1 saturated carbocycles. The minimum atomic E-state index is -0.801. The molecule has 2 rings (SSSR count). The van der Waals surface area contributed by atoms with Gasteiger partial charge in [0.15, 0.2) is 0 Å². The van der Waals surface area contributed by atoms with Crippen molar-refractivity contribution in [2.45, 2.75) is 12.8 Å². The first-order valence-corrected chi connectivity index (χ1v) is 3.87. The fraction of sp³-hybridized carbons (Fsp3) is 0.444. The number of allylic oxidation sites excluding steroid dienone is 3. The summed E-state index contributed by atoms with van der Waals surface area (Å²) in [6.07, 6.45) is 7.73. The lowest BCUT2D eigenvalue weighted by Gasteiger charge is -2.33. The van der Waals surface area contributed by atoms with Crippen LogP contribution in [0, 0.1) is 11.8 Å². The average molecular weight is 150 g/mol. The summed E-state index contributed by atoms with van der Waals surface area (Å²) >= 11 is 0. The zero-order valence-corrected chi connectivity index (χ0v) is 6.16. The highest BCUT2D eigenvalue weighted by Crippen LogP contribution is 2.46. The molecule has 2 unspecified atom stereocenters. The molecule has 1 fully saturated rings. The van der Waals surface area contributed by atoms with Gasteiger partial charge in [-0.05, 0) is 24.7 Å². The Morgan fingerprint density at radius 1 is 1.73 bits per heavy atom. The zero-order chi connectivity index (χ0) is 7.84. The van der Waals surface area contributed by atoms with Gasteiger partial charge in [0, 0.05) is 6.08 Å². The lowest BCUT2D eigenvalue weighted by atomic mass is 9.71. The van der Waals surface area contributed by atoms with E-state index in [9.17, 15) is 4.79 Å². The van der Waals surface area contributed by atoms with Crippen LogP contribution in [0.25, 0.3) is 0 Å². The van der Waals surface area contributed by atoms with Crippen molar-refractivity contribution in [3.8, 4) is 0 Å². The first-order chi connectivity index (χ1) is 5.27. The maximum Gasteiger partial charge on any atom is 0.328 e. The number of carbonyl (C=O) groups is 1. The lowest BCUT2D eigenvalue weighted by Crippen LogP contribution is -2.24. The van der Waals surface area contributed by atoms with Gasteiger partial charge in [0.25, 0.3) is 0 Å². The summed E-state index contributed by atoms with van der Waals surface area (Å²) in [5.74, 6) is 0.386. The Hall–Kier alpha value is -1.05. The molecule has 2 atom stereocenters. The molecule has 1 N–H and O–H groups in total. The first-order valence-electron chi connectivity index (χ1n) is 3.87. The van der Waals surface area contributed by atoms with E-state index in [0.29, 0.717) is 11.8 Å². The molecule has 0 aliphatic heterocycles. The lowest BCUT2D eigenvalue weighted by molar-refractivity contribution is -0.131. The Balaban J connectivity index is 2.07. The summed E-state index contributed by atoms with van der Waals surface area (Å²) in [5.41, 5.74) is 1.12. The second-order valence-electron chi connectivity index (χ2n) is 3.20. The number of aliphatic carboxylic acids is 1. The number of hydrogen-bond donors (Lipinski definition) is 1. The third-order valence-corrected chi connectivity index (χ3v) is 2.55. The predicted octanol–water partition coefficient (Wildman–Crippen LogP) is 1.59. The van der Waals surface area contributed by atoms with Gasteiger partial charge in [-0.25, -0.2) is 4.79 Å². The van der Waals surface area contributed by atoms with E-state index in [0.717, 1.165) is 18.4 Å². The maximum absolute atomic E-state index is 10.3. The van der Waals surface area contributed by atoms with Crippen molar-refractivity contribution >= 4 is 5.97 Å². The number of rotatable bonds is 1. The van der Waals surface area contributed by atoms with Crippen LogP contribution in [-0.2, 0) is 4.79 Å². The van der Waals surface area contributed by atoms with E-state index in [1.807, 2.05) is 0 Å². The molecule has 58 valence electrons. The Bertz CT molecular complexity index is 250. The van der Waals surface area contributed by atoms with Crippen LogP contribution in [0.2, 0.25) is 0 Å². The summed E-state index contributed by atoms with van der Waals surface area (Å²) in [6, 6.07) is 0. The highest BCUT2D eigenvalue weighted by molar-refractivity contribution is 5.81. The second kappa shape index (κ2) is 2.22. The topological polar surface area (TPSA) is 37.3 Å². The van der Waals surface area contributed by atoms with E-state index < -0.39 is 5.97 Å². The van der Waals surface area contributed by atoms with Gasteiger partial charge >= 0.3 is 5.97 Å². The summed E-state index contributed by atoms with van der Waals surface area (Å²) in [6.45, 7) is 0. The van der Waals surface area contributed by atoms with Crippen molar-refractivity contribution < 1.29 is 9.90 Å². The smallest absolute Gasteiger partial charge is 0.328 e. The van der Waals surface area contributed by atoms with Crippen molar-refractivity contribution in [1.29, 1.82) is 0 Å². The molecule has 2 aliphatic rings. The van der Waals surface area contributed by atoms with Crippen LogP contribution in [0.15, 0.2) is 23.8 Å². The fourth-order valence-corrected chi connectivity index (χ4v) is 1.93. The molecule has 0 aromatic carbocycles. The molecule has 0 heterocycles. The molecule has 2 aliphatic carbocycles. The van der Waals surface area contributed by atoms with Crippen LogP contribution in [0.4, 0.5) is 0 Å². The Kier molecular flexibility index (Phi) is 1.34. The minimum Gasteiger partial charge on any atom is -0.478 e. The van der Waals surface area contributed by atoms with Gasteiger partial charge in [0.05, 0.1) is 0 Å². The summed E-state index contributed by atoms with van der Waals surface area (Å²) < 4.78 is 0. The Morgan fingerprint density at radius 3 is 3.18 bits per heavy atom. The van der Waals surface area contributed by atoms with Crippen LogP contribution in [0.3, 0.4) is 0 Å². The van der Waals surface area contributed by atoms with Crippen molar-refractivity contribution in [3.63, 3.8) is 0 Å². The van der Waals surface area contributed by atoms with Gasteiger partial charge in [-0.15, -0.1) is 0 Å². The van der Waals surface area contributed by atoms with Crippen LogP contribution >= 0.6 is 0 Å². The normalized spacial score (nSPS) is 36.9. The molecule has 0 radical (unpaired) electrons. The molecular weight excluding hydrogens is 140 g/mol. The van der Waals surface area contributed by atoms with Gasteiger partial charge in [-0.2, -0.15) is 0 Å². The standard InChI is InChI=1S/C9H10O2/c10-9(11)5-7-4-6-2-1-3-8(6)7/h1-2,5-6,8H,3-4H2,(H,10,11). The molecule has 0 amide bonds. The van der Waals surface area contributed by atoms with E-state index in [1.165, 1.54) is 6.08 Å². The van der Waals surface area contributed by atoms with E-state index in [1.54, 1.807) is 0 Å². The molecule has 2 heteroatoms. The molecule has 11 heavy (non-hydrogen) atoms. The van der Waals surface area contributed by atoms with Crippen molar-refractivity contribution in [2.24, 2.45) is 11.8 Å². The highest BCUT2D eigenvalue weighted by Gasteiger charge is 2.36. The molecule has 0 bridgehead atoms. The Labute approximate surface area is 65.2 Å². The monoisotopic (exact) mass is 150 g/mol. The number of carboxylic acid groups (broad SMARTS) is 1. The van der Waals surface area contributed by atoms with E-state index in [4.69, 9.17) is 5.11 Å². The number of fused-ring (bicyclic) bond motifs is 1.